The third-order valence-electron chi connectivity index (χ3n) is 6.72. The molecule has 11 heteroatoms. The van der Waals surface area contributed by atoms with E-state index in [4.69, 9.17) is 25.8 Å². The maximum Gasteiger partial charge on any atom is 0.317 e. The van der Waals surface area contributed by atoms with Gasteiger partial charge in [0.1, 0.15) is 12.1 Å². The largest absolute Gasteiger partial charge is 0.493 e. The summed E-state index contributed by atoms with van der Waals surface area (Å²) in [6.45, 7) is 2.41. The Morgan fingerprint density at radius 1 is 1.14 bits per heavy atom. The highest BCUT2D eigenvalue weighted by molar-refractivity contribution is 6.31. The van der Waals surface area contributed by atoms with E-state index in [-0.39, 0.29) is 28.9 Å². The molecule has 2 heterocycles. The number of rotatable bonds is 6. The lowest BCUT2D eigenvalue weighted by Gasteiger charge is -2.33. The van der Waals surface area contributed by atoms with E-state index < -0.39 is 5.82 Å². The number of hydrogen-bond acceptors (Lipinski definition) is 7. The molecule has 1 saturated heterocycles. The Morgan fingerprint density at radius 3 is 2.68 bits per heavy atom. The van der Waals surface area contributed by atoms with E-state index in [9.17, 15) is 9.18 Å². The van der Waals surface area contributed by atoms with Crippen molar-refractivity contribution >= 4 is 40.0 Å². The molecule has 1 saturated carbocycles. The number of benzene rings is 2. The molecule has 2 fully saturated rings. The van der Waals surface area contributed by atoms with Crippen LogP contribution in [0.5, 0.6) is 11.5 Å². The van der Waals surface area contributed by atoms with Gasteiger partial charge in [0, 0.05) is 30.6 Å². The Morgan fingerprint density at radius 2 is 1.92 bits per heavy atom. The molecule has 196 valence electrons. The van der Waals surface area contributed by atoms with Crippen molar-refractivity contribution in [1.82, 2.24) is 20.2 Å². The summed E-state index contributed by atoms with van der Waals surface area (Å²) >= 11 is 5.93. The molecule has 2 aliphatic rings. The number of hydrogen-bond donors (Lipinski definition) is 2. The van der Waals surface area contributed by atoms with Crippen LogP contribution in [0.25, 0.3) is 10.9 Å². The summed E-state index contributed by atoms with van der Waals surface area (Å²) in [5, 5.41) is 6.84. The number of ether oxygens (including phenoxy) is 3. The molecule has 2 N–H and O–H groups in total. The fourth-order valence-corrected chi connectivity index (χ4v) is 4.85. The number of anilines is 2. The van der Waals surface area contributed by atoms with Crippen molar-refractivity contribution in [1.29, 1.82) is 0 Å². The monoisotopic (exact) mass is 529 g/mol. The Bertz CT molecular complexity index is 1270. The molecule has 0 atom stereocenters. The lowest BCUT2D eigenvalue weighted by atomic mass is 9.93. The number of halogens is 2. The Kier molecular flexibility index (Phi) is 7.76. The fraction of sp³-hybridized carbons (Fsp3) is 0.423. The van der Waals surface area contributed by atoms with Gasteiger partial charge in [0.15, 0.2) is 17.3 Å². The smallest absolute Gasteiger partial charge is 0.317 e. The molecule has 37 heavy (non-hydrogen) atoms. The van der Waals surface area contributed by atoms with Crippen molar-refractivity contribution in [2.75, 3.05) is 38.7 Å². The summed E-state index contributed by atoms with van der Waals surface area (Å²) in [5.74, 6) is 0.973. The SMILES string of the molecule is COc1cc2ncnc(Nc3cccc(Cl)c3F)c2cc1O[C@H]1CC[C@@H](NC(=O)N2CCOCC2)CC1. The average Bonchev–Trinajstić information content (AvgIpc) is 2.92. The van der Waals surface area contributed by atoms with Crippen molar-refractivity contribution in [3.05, 3.63) is 47.5 Å². The normalized spacial score (nSPS) is 19.9. The third-order valence-corrected chi connectivity index (χ3v) is 7.01. The van der Waals surface area contributed by atoms with Crippen molar-refractivity contribution in [3.63, 3.8) is 0 Å². The summed E-state index contributed by atoms with van der Waals surface area (Å²) in [7, 11) is 1.58. The van der Waals surface area contributed by atoms with Crippen LogP contribution in [0.1, 0.15) is 25.7 Å². The summed E-state index contributed by atoms with van der Waals surface area (Å²) in [6, 6.07) is 8.41. The minimum absolute atomic E-state index is 0.0193. The first-order valence-corrected chi connectivity index (χ1v) is 12.7. The van der Waals surface area contributed by atoms with E-state index in [2.05, 4.69) is 20.6 Å². The van der Waals surface area contributed by atoms with Crippen LogP contribution in [0, 0.1) is 5.82 Å². The van der Waals surface area contributed by atoms with Crippen LogP contribution in [0.4, 0.5) is 20.7 Å². The highest BCUT2D eigenvalue weighted by Crippen LogP contribution is 2.37. The second-order valence-electron chi connectivity index (χ2n) is 9.11. The Labute approximate surface area is 219 Å². The van der Waals surface area contributed by atoms with E-state index >= 15 is 0 Å². The highest BCUT2D eigenvalue weighted by atomic mass is 35.5. The van der Waals surface area contributed by atoms with Crippen molar-refractivity contribution in [3.8, 4) is 11.5 Å². The maximum atomic E-state index is 14.5. The van der Waals surface area contributed by atoms with Gasteiger partial charge in [-0.1, -0.05) is 17.7 Å². The van der Waals surface area contributed by atoms with E-state index in [0.29, 0.717) is 54.5 Å². The molecule has 0 bridgehead atoms. The van der Waals surface area contributed by atoms with Gasteiger partial charge in [-0.15, -0.1) is 0 Å². The number of amides is 2. The topological polar surface area (TPSA) is 97.8 Å². The molecular formula is C26H29ClFN5O4. The zero-order valence-electron chi connectivity index (χ0n) is 20.5. The molecule has 2 aromatic carbocycles. The lowest BCUT2D eigenvalue weighted by Crippen LogP contribution is -2.50. The van der Waals surface area contributed by atoms with Crippen LogP contribution in [0.2, 0.25) is 5.02 Å². The van der Waals surface area contributed by atoms with Gasteiger partial charge in [-0.2, -0.15) is 0 Å². The molecule has 1 aliphatic carbocycles. The summed E-state index contributed by atoms with van der Waals surface area (Å²) in [4.78, 5) is 23.0. The van der Waals surface area contributed by atoms with Crippen molar-refractivity contribution < 1.29 is 23.4 Å². The summed E-state index contributed by atoms with van der Waals surface area (Å²) in [6.07, 6.45) is 4.59. The van der Waals surface area contributed by atoms with E-state index in [0.717, 1.165) is 25.7 Å². The number of carbonyl (C=O) groups is 1. The van der Waals surface area contributed by atoms with Gasteiger partial charge in [-0.25, -0.2) is 19.2 Å². The molecular weight excluding hydrogens is 501 g/mol. The molecule has 0 unspecified atom stereocenters. The summed E-state index contributed by atoms with van der Waals surface area (Å²) < 4.78 is 31.7. The quantitative estimate of drug-likeness (QED) is 0.468. The number of nitrogens with zero attached hydrogens (tertiary/aromatic N) is 3. The van der Waals surface area contributed by atoms with Crippen LogP contribution in [-0.4, -0.2) is 66.5 Å². The summed E-state index contributed by atoms with van der Waals surface area (Å²) in [5.41, 5.74) is 0.835. The number of nitrogens with one attached hydrogen (secondary N) is 2. The van der Waals surface area contributed by atoms with Crippen LogP contribution in [0.15, 0.2) is 36.7 Å². The predicted molar refractivity (Wildman–Crippen MR) is 138 cm³/mol. The number of aromatic nitrogens is 2. The molecule has 9 nitrogen and oxygen atoms in total. The van der Waals surface area contributed by atoms with Gasteiger partial charge >= 0.3 is 6.03 Å². The van der Waals surface area contributed by atoms with E-state index in [1.807, 2.05) is 6.07 Å². The van der Waals surface area contributed by atoms with E-state index in [1.165, 1.54) is 12.4 Å². The van der Waals surface area contributed by atoms with Gasteiger partial charge in [0.25, 0.3) is 0 Å². The maximum absolute atomic E-state index is 14.5. The number of morpholine rings is 1. The molecule has 0 radical (unpaired) electrons. The predicted octanol–water partition coefficient (Wildman–Crippen LogP) is 4.91. The zero-order chi connectivity index (χ0) is 25.8. The van der Waals surface area contributed by atoms with Gasteiger partial charge in [-0.3, -0.25) is 0 Å². The van der Waals surface area contributed by atoms with Gasteiger partial charge in [0.2, 0.25) is 0 Å². The van der Waals surface area contributed by atoms with E-state index in [1.54, 1.807) is 30.2 Å². The molecule has 0 spiro atoms. The second kappa shape index (κ2) is 11.4. The first-order chi connectivity index (χ1) is 18.0. The third kappa shape index (κ3) is 5.80. The zero-order valence-corrected chi connectivity index (χ0v) is 21.3. The minimum Gasteiger partial charge on any atom is -0.493 e. The second-order valence-corrected chi connectivity index (χ2v) is 9.52. The molecule has 2 amide bonds. The number of carbonyl (C=O) groups excluding carboxylic acids is 1. The average molecular weight is 530 g/mol. The van der Waals surface area contributed by atoms with Crippen LogP contribution >= 0.6 is 11.6 Å². The Balaban J connectivity index is 1.28. The standard InChI is InChI=1S/C26H29ClFN5O4/c1-35-22-14-21-18(25(30-15-29-21)32-20-4-2-3-19(27)24(20)28)13-23(22)37-17-7-5-16(6-8-17)31-26(34)33-9-11-36-12-10-33/h2-4,13-17H,5-12H2,1H3,(H,31,34)(H,29,30,32)/t16-,17+. The van der Waals surface area contributed by atoms with Crippen LogP contribution in [-0.2, 0) is 4.74 Å². The number of fused-ring (bicyclic) bond motifs is 1. The fourth-order valence-electron chi connectivity index (χ4n) is 4.68. The van der Waals surface area contributed by atoms with Crippen molar-refractivity contribution in [2.45, 2.75) is 37.8 Å². The van der Waals surface area contributed by atoms with Gasteiger partial charge < -0.3 is 29.7 Å². The molecule has 3 aromatic rings. The van der Waals surface area contributed by atoms with Crippen LogP contribution in [0.3, 0.4) is 0 Å². The van der Waals surface area contributed by atoms with Gasteiger partial charge in [0.05, 0.1) is 42.7 Å². The molecule has 5 rings (SSSR count). The first kappa shape index (κ1) is 25.3. The molecule has 1 aromatic heterocycles. The minimum atomic E-state index is -0.557. The highest BCUT2D eigenvalue weighted by Gasteiger charge is 2.27. The number of urea groups is 1. The van der Waals surface area contributed by atoms with Gasteiger partial charge in [-0.05, 0) is 43.9 Å². The van der Waals surface area contributed by atoms with Crippen molar-refractivity contribution in [2.24, 2.45) is 0 Å². The Hall–Kier alpha value is -3.37. The first-order valence-electron chi connectivity index (χ1n) is 12.4. The van der Waals surface area contributed by atoms with Crippen LogP contribution < -0.4 is 20.1 Å². The molecule has 1 aliphatic heterocycles. The lowest BCUT2D eigenvalue weighted by molar-refractivity contribution is 0.0514. The number of methoxy groups -OCH3 is 1.